The monoisotopic (exact) mass is 358 g/mol. The molecule has 0 saturated carbocycles. The molecule has 0 amide bonds. The lowest BCUT2D eigenvalue weighted by Gasteiger charge is -2.04. The van der Waals surface area contributed by atoms with Crippen LogP contribution in [0, 0.1) is 21.4 Å². The second-order valence-corrected chi connectivity index (χ2v) is 5.22. The summed E-state index contributed by atoms with van der Waals surface area (Å²) >= 11 is 3.39. The van der Waals surface area contributed by atoms with Crippen molar-refractivity contribution in [2.24, 2.45) is 0 Å². The fourth-order valence-corrected chi connectivity index (χ4v) is 2.44. The Bertz CT molecular complexity index is 777. The van der Waals surface area contributed by atoms with E-state index in [2.05, 4.69) is 22.0 Å². The zero-order valence-corrected chi connectivity index (χ0v) is 13.2. The highest BCUT2D eigenvalue weighted by Gasteiger charge is 2.07. The van der Waals surface area contributed by atoms with Crippen LogP contribution in [0.15, 0.2) is 46.9 Å². The number of ether oxygens (including phenoxy) is 1. The molecule has 0 fully saturated rings. The molecule has 5 nitrogen and oxygen atoms in total. The number of halogens is 1. The van der Waals surface area contributed by atoms with Gasteiger partial charge < -0.3 is 4.74 Å². The minimum Gasteiger partial charge on any atom is -0.496 e. The number of nitrogens with zero attached hydrogens (tertiary/aromatic N) is 2. The molecule has 0 aliphatic rings. The summed E-state index contributed by atoms with van der Waals surface area (Å²) in [4.78, 5) is 10.2. The molecule has 0 aliphatic carbocycles. The Morgan fingerprint density at radius 2 is 2.00 bits per heavy atom. The SMILES string of the molecule is COc1ccc(C=C(C#N)c2ccc([N+](=O)[O-])cc2)cc1Br. The standard InChI is InChI=1S/C16H11BrN2O3/c1-22-16-7-2-11(9-15(16)17)8-13(10-18)12-3-5-14(6-4-12)19(20)21/h2-9H,1H3. The maximum Gasteiger partial charge on any atom is 0.269 e. The summed E-state index contributed by atoms with van der Waals surface area (Å²) in [7, 11) is 1.58. The summed E-state index contributed by atoms with van der Waals surface area (Å²) in [5.74, 6) is 0.700. The molecule has 0 radical (unpaired) electrons. The van der Waals surface area contributed by atoms with Gasteiger partial charge >= 0.3 is 0 Å². The molecule has 0 heterocycles. The van der Waals surface area contributed by atoms with Crippen LogP contribution in [0.25, 0.3) is 11.6 Å². The van der Waals surface area contributed by atoms with E-state index in [9.17, 15) is 15.4 Å². The van der Waals surface area contributed by atoms with E-state index < -0.39 is 4.92 Å². The number of hydrogen-bond donors (Lipinski definition) is 0. The average molecular weight is 359 g/mol. The first-order chi connectivity index (χ1) is 10.5. The Morgan fingerprint density at radius 3 is 2.50 bits per heavy atom. The molecule has 110 valence electrons. The van der Waals surface area contributed by atoms with Gasteiger partial charge in [-0.25, -0.2) is 0 Å². The highest BCUT2D eigenvalue weighted by atomic mass is 79.9. The Hall–Kier alpha value is -2.65. The van der Waals surface area contributed by atoms with Crippen LogP contribution in [0.3, 0.4) is 0 Å². The number of nitro groups is 1. The van der Waals surface area contributed by atoms with E-state index in [0.29, 0.717) is 16.9 Å². The lowest BCUT2D eigenvalue weighted by molar-refractivity contribution is -0.384. The Morgan fingerprint density at radius 1 is 1.32 bits per heavy atom. The van der Waals surface area contributed by atoms with Gasteiger partial charge in [0.2, 0.25) is 0 Å². The topological polar surface area (TPSA) is 76.2 Å². The summed E-state index contributed by atoms with van der Waals surface area (Å²) in [6.45, 7) is 0. The smallest absolute Gasteiger partial charge is 0.269 e. The Labute approximate surface area is 135 Å². The van der Waals surface area contributed by atoms with E-state index in [1.165, 1.54) is 12.1 Å². The molecule has 0 saturated heterocycles. The lowest BCUT2D eigenvalue weighted by Crippen LogP contribution is -1.89. The molecule has 0 atom stereocenters. The molecule has 2 aromatic carbocycles. The van der Waals surface area contributed by atoms with Gasteiger partial charge in [0.05, 0.1) is 28.1 Å². The van der Waals surface area contributed by atoms with E-state index in [0.717, 1.165) is 10.0 Å². The van der Waals surface area contributed by atoms with Gasteiger partial charge in [-0.15, -0.1) is 0 Å². The first kappa shape index (κ1) is 15.7. The summed E-state index contributed by atoms with van der Waals surface area (Å²) in [5, 5.41) is 20.0. The van der Waals surface area contributed by atoms with E-state index in [-0.39, 0.29) is 5.69 Å². The summed E-state index contributed by atoms with van der Waals surface area (Å²) < 4.78 is 5.94. The van der Waals surface area contributed by atoms with Crippen molar-refractivity contribution in [3.8, 4) is 11.8 Å². The summed E-state index contributed by atoms with van der Waals surface area (Å²) in [5.41, 5.74) is 1.86. The number of methoxy groups -OCH3 is 1. The van der Waals surface area contributed by atoms with Crippen molar-refractivity contribution in [1.29, 1.82) is 5.26 Å². The first-order valence-corrected chi connectivity index (χ1v) is 7.04. The predicted molar refractivity (Wildman–Crippen MR) is 87.3 cm³/mol. The Kier molecular flexibility index (Phi) is 4.92. The number of non-ortho nitro benzene ring substituents is 1. The summed E-state index contributed by atoms with van der Waals surface area (Å²) in [6, 6.07) is 13.4. The number of rotatable bonds is 4. The summed E-state index contributed by atoms with van der Waals surface area (Å²) in [6.07, 6.45) is 1.71. The van der Waals surface area contributed by atoms with Crippen LogP contribution in [0.1, 0.15) is 11.1 Å². The van der Waals surface area contributed by atoms with Gasteiger partial charge in [0, 0.05) is 12.1 Å². The van der Waals surface area contributed by atoms with Crippen molar-refractivity contribution >= 4 is 33.3 Å². The third-order valence-electron chi connectivity index (χ3n) is 3.00. The fraction of sp³-hybridized carbons (Fsp3) is 0.0625. The molecule has 0 aliphatic heterocycles. The van der Waals surface area contributed by atoms with Gasteiger partial charge in [0.25, 0.3) is 5.69 Å². The number of nitro benzene ring substituents is 1. The van der Waals surface area contributed by atoms with Gasteiger partial charge in [-0.05, 0) is 57.4 Å². The van der Waals surface area contributed by atoms with Crippen LogP contribution in [-0.2, 0) is 0 Å². The maximum atomic E-state index is 10.6. The average Bonchev–Trinajstić information content (AvgIpc) is 2.53. The third-order valence-corrected chi connectivity index (χ3v) is 3.62. The number of allylic oxidation sites excluding steroid dienone is 1. The molecule has 0 spiro atoms. The van der Waals surface area contributed by atoms with E-state index in [1.54, 1.807) is 31.4 Å². The van der Waals surface area contributed by atoms with Crippen molar-refractivity contribution in [3.05, 3.63) is 68.2 Å². The second kappa shape index (κ2) is 6.87. The van der Waals surface area contributed by atoms with Crippen molar-refractivity contribution in [1.82, 2.24) is 0 Å². The fourth-order valence-electron chi connectivity index (χ4n) is 1.88. The van der Waals surface area contributed by atoms with Crippen molar-refractivity contribution in [2.75, 3.05) is 7.11 Å². The van der Waals surface area contributed by atoms with Crippen molar-refractivity contribution < 1.29 is 9.66 Å². The van der Waals surface area contributed by atoms with E-state index >= 15 is 0 Å². The van der Waals surface area contributed by atoms with Gasteiger partial charge in [0.1, 0.15) is 5.75 Å². The maximum absolute atomic E-state index is 10.6. The number of hydrogen-bond acceptors (Lipinski definition) is 4. The van der Waals surface area contributed by atoms with Crippen LogP contribution in [0.4, 0.5) is 5.69 Å². The molecular weight excluding hydrogens is 348 g/mol. The van der Waals surface area contributed by atoms with Gasteiger partial charge in [-0.3, -0.25) is 10.1 Å². The van der Waals surface area contributed by atoms with Crippen LogP contribution < -0.4 is 4.74 Å². The van der Waals surface area contributed by atoms with Gasteiger partial charge in [-0.1, -0.05) is 6.07 Å². The zero-order chi connectivity index (χ0) is 16.1. The molecule has 0 N–H and O–H groups in total. The predicted octanol–water partition coefficient (Wildman–Crippen LogP) is 4.43. The molecule has 0 aromatic heterocycles. The van der Waals surface area contributed by atoms with Gasteiger partial charge in [-0.2, -0.15) is 5.26 Å². The lowest BCUT2D eigenvalue weighted by atomic mass is 10.0. The van der Waals surface area contributed by atoms with Crippen LogP contribution >= 0.6 is 15.9 Å². The molecule has 22 heavy (non-hydrogen) atoms. The van der Waals surface area contributed by atoms with Crippen LogP contribution in [0.5, 0.6) is 5.75 Å². The van der Waals surface area contributed by atoms with Crippen LogP contribution in [0.2, 0.25) is 0 Å². The largest absolute Gasteiger partial charge is 0.496 e. The first-order valence-electron chi connectivity index (χ1n) is 6.25. The van der Waals surface area contributed by atoms with Crippen molar-refractivity contribution in [3.63, 3.8) is 0 Å². The normalized spacial score (nSPS) is 10.9. The van der Waals surface area contributed by atoms with E-state index in [1.807, 2.05) is 12.1 Å². The highest BCUT2D eigenvalue weighted by Crippen LogP contribution is 2.28. The zero-order valence-electron chi connectivity index (χ0n) is 11.6. The minimum atomic E-state index is -0.472. The number of nitriles is 1. The molecule has 6 heteroatoms. The highest BCUT2D eigenvalue weighted by molar-refractivity contribution is 9.10. The second-order valence-electron chi connectivity index (χ2n) is 4.37. The Balaban J connectivity index is 2.37. The van der Waals surface area contributed by atoms with Gasteiger partial charge in [0.15, 0.2) is 0 Å². The molecule has 2 rings (SSSR count). The minimum absolute atomic E-state index is 0.00627. The van der Waals surface area contributed by atoms with Crippen molar-refractivity contribution in [2.45, 2.75) is 0 Å². The molecule has 0 unspecified atom stereocenters. The van der Waals surface area contributed by atoms with Crippen LogP contribution in [-0.4, -0.2) is 12.0 Å². The molecular formula is C16H11BrN2O3. The molecule has 2 aromatic rings. The third kappa shape index (κ3) is 3.51. The quantitative estimate of drug-likeness (QED) is 0.350. The number of benzene rings is 2. The molecule has 0 bridgehead atoms. The van der Waals surface area contributed by atoms with E-state index in [4.69, 9.17) is 4.74 Å².